The maximum Gasteiger partial charge on any atom is 0.338 e. The van der Waals surface area contributed by atoms with E-state index in [9.17, 15) is 24.0 Å². The molecule has 1 aliphatic heterocycles. The lowest BCUT2D eigenvalue weighted by atomic mass is 9.85. The molecule has 1 aromatic rings. The van der Waals surface area contributed by atoms with Crippen molar-refractivity contribution in [3.8, 4) is 0 Å². The van der Waals surface area contributed by atoms with Crippen molar-refractivity contribution in [2.75, 3.05) is 11.9 Å². The fourth-order valence-corrected chi connectivity index (χ4v) is 4.29. The van der Waals surface area contributed by atoms with Crippen molar-refractivity contribution in [2.24, 2.45) is 17.8 Å². The van der Waals surface area contributed by atoms with Crippen LogP contribution >= 0.6 is 0 Å². The largest absolute Gasteiger partial charge is 0.459 e. The molecule has 188 valence electrons. The standard InChI is InChI=1S/C26H32N2O7/c1-15(2)13-21(28-23(30)19-7-5-6-8-20(19)24(28)31)26(33)34-14-22(29)27-18-11-9-17(10-12-18)25(32)35-16(3)4/h5-6,9-12,15-16,19-21H,7-8,13-14H2,1-4H3,(H,27,29). The predicted octanol–water partition coefficient (Wildman–Crippen LogP) is 3.10. The molecule has 9 heteroatoms. The van der Waals surface area contributed by atoms with Crippen LogP contribution in [0.3, 0.4) is 0 Å². The lowest BCUT2D eigenvalue weighted by molar-refractivity contribution is -0.160. The third kappa shape index (κ3) is 6.35. The summed E-state index contributed by atoms with van der Waals surface area (Å²) in [4.78, 5) is 64.1. The molecular weight excluding hydrogens is 452 g/mol. The summed E-state index contributed by atoms with van der Waals surface area (Å²) >= 11 is 0. The molecule has 35 heavy (non-hydrogen) atoms. The molecule has 1 aromatic carbocycles. The van der Waals surface area contributed by atoms with E-state index in [1.165, 1.54) is 24.3 Å². The maximum atomic E-state index is 12.9. The number of ether oxygens (including phenoxy) is 2. The van der Waals surface area contributed by atoms with Crippen LogP contribution < -0.4 is 5.32 Å². The van der Waals surface area contributed by atoms with Gasteiger partial charge in [0.1, 0.15) is 6.04 Å². The van der Waals surface area contributed by atoms with Crippen molar-refractivity contribution < 1.29 is 33.4 Å². The second-order valence-electron chi connectivity index (χ2n) is 9.53. The third-order valence-corrected chi connectivity index (χ3v) is 5.91. The number of nitrogens with zero attached hydrogens (tertiary/aromatic N) is 1. The highest BCUT2D eigenvalue weighted by atomic mass is 16.5. The molecule has 0 bridgehead atoms. The summed E-state index contributed by atoms with van der Waals surface area (Å²) in [6.45, 7) is 6.69. The molecule has 3 unspecified atom stereocenters. The van der Waals surface area contributed by atoms with Crippen LogP contribution in [0.1, 0.15) is 57.3 Å². The summed E-state index contributed by atoms with van der Waals surface area (Å²) < 4.78 is 10.3. The molecular formula is C26H32N2O7. The molecule has 0 radical (unpaired) electrons. The van der Waals surface area contributed by atoms with Crippen LogP contribution in [0.25, 0.3) is 0 Å². The molecule has 3 atom stereocenters. The van der Waals surface area contributed by atoms with Crippen molar-refractivity contribution >= 4 is 35.3 Å². The van der Waals surface area contributed by atoms with E-state index in [0.717, 1.165) is 4.90 Å². The Labute approximate surface area is 204 Å². The number of hydrogen-bond acceptors (Lipinski definition) is 7. The highest BCUT2D eigenvalue weighted by Crippen LogP contribution is 2.37. The van der Waals surface area contributed by atoms with Crippen molar-refractivity contribution in [3.63, 3.8) is 0 Å². The van der Waals surface area contributed by atoms with Crippen molar-refractivity contribution in [3.05, 3.63) is 42.0 Å². The van der Waals surface area contributed by atoms with E-state index in [0.29, 0.717) is 24.1 Å². The van der Waals surface area contributed by atoms with Crippen LogP contribution in [0.5, 0.6) is 0 Å². The summed E-state index contributed by atoms with van der Waals surface area (Å²) in [5.41, 5.74) is 0.753. The van der Waals surface area contributed by atoms with Crippen LogP contribution in [-0.2, 0) is 28.7 Å². The SMILES string of the molecule is CC(C)CC(C(=O)OCC(=O)Nc1ccc(C(=O)OC(C)C)cc1)N1C(=O)C2CC=CCC2C1=O. The number of benzene rings is 1. The minimum Gasteiger partial charge on any atom is -0.459 e. The van der Waals surface area contributed by atoms with E-state index in [1.807, 2.05) is 26.0 Å². The fraction of sp³-hybridized carbons (Fsp3) is 0.500. The molecule has 1 aliphatic carbocycles. The first kappa shape index (κ1) is 26.1. The number of imide groups is 1. The average Bonchev–Trinajstić information content (AvgIpc) is 3.06. The lowest BCUT2D eigenvalue weighted by Crippen LogP contribution is -2.47. The number of anilines is 1. The number of carbonyl (C=O) groups is 5. The summed E-state index contributed by atoms with van der Waals surface area (Å²) in [6.07, 6.45) is 4.73. The molecule has 1 heterocycles. The van der Waals surface area contributed by atoms with Crippen molar-refractivity contribution in [1.82, 2.24) is 4.90 Å². The first-order chi connectivity index (χ1) is 16.6. The molecule has 9 nitrogen and oxygen atoms in total. The van der Waals surface area contributed by atoms with Gasteiger partial charge in [0.05, 0.1) is 23.5 Å². The first-order valence-electron chi connectivity index (χ1n) is 11.9. The van der Waals surface area contributed by atoms with Gasteiger partial charge in [-0.05, 0) is 63.3 Å². The van der Waals surface area contributed by atoms with Gasteiger partial charge >= 0.3 is 11.9 Å². The van der Waals surface area contributed by atoms with E-state index < -0.39 is 42.3 Å². The van der Waals surface area contributed by atoms with Crippen molar-refractivity contribution in [2.45, 2.75) is 59.1 Å². The summed E-state index contributed by atoms with van der Waals surface area (Å²) in [5.74, 6) is -3.42. The average molecular weight is 485 g/mol. The summed E-state index contributed by atoms with van der Waals surface area (Å²) in [5, 5.41) is 2.59. The zero-order valence-electron chi connectivity index (χ0n) is 20.5. The van der Waals surface area contributed by atoms with E-state index in [1.54, 1.807) is 13.8 Å². The van der Waals surface area contributed by atoms with Gasteiger partial charge < -0.3 is 14.8 Å². The lowest BCUT2D eigenvalue weighted by Gasteiger charge is -2.26. The minimum absolute atomic E-state index is 0.0172. The number of carbonyl (C=O) groups excluding carboxylic acids is 5. The first-order valence-corrected chi connectivity index (χ1v) is 11.9. The molecule has 1 saturated heterocycles. The van der Waals surface area contributed by atoms with Gasteiger partial charge in [-0.25, -0.2) is 9.59 Å². The Bertz CT molecular complexity index is 987. The molecule has 1 fully saturated rings. The molecule has 2 aliphatic rings. The van der Waals surface area contributed by atoms with E-state index in [2.05, 4.69) is 5.32 Å². The van der Waals surface area contributed by atoms with Gasteiger partial charge in [0.25, 0.3) is 5.91 Å². The normalized spacial score (nSPS) is 20.1. The van der Waals surface area contributed by atoms with Crippen LogP contribution in [0.2, 0.25) is 0 Å². The van der Waals surface area contributed by atoms with Crippen molar-refractivity contribution in [1.29, 1.82) is 0 Å². The fourth-order valence-electron chi connectivity index (χ4n) is 4.29. The van der Waals surface area contributed by atoms with Gasteiger partial charge in [-0.2, -0.15) is 0 Å². The highest BCUT2D eigenvalue weighted by Gasteiger charge is 2.51. The van der Waals surface area contributed by atoms with Crippen LogP contribution in [-0.4, -0.2) is 53.3 Å². The van der Waals surface area contributed by atoms with Gasteiger partial charge in [-0.15, -0.1) is 0 Å². The predicted molar refractivity (Wildman–Crippen MR) is 127 cm³/mol. The van der Waals surface area contributed by atoms with Crippen LogP contribution in [0.4, 0.5) is 5.69 Å². The Hall–Kier alpha value is -3.49. The van der Waals surface area contributed by atoms with E-state index in [4.69, 9.17) is 9.47 Å². The zero-order valence-corrected chi connectivity index (χ0v) is 20.5. The van der Waals surface area contributed by atoms with Gasteiger partial charge in [0.2, 0.25) is 11.8 Å². The third-order valence-electron chi connectivity index (χ3n) is 5.91. The Kier molecular flexibility index (Phi) is 8.43. The van der Waals surface area contributed by atoms with Gasteiger partial charge in [-0.3, -0.25) is 19.3 Å². The number of esters is 2. The van der Waals surface area contributed by atoms with E-state index >= 15 is 0 Å². The summed E-state index contributed by atoms with van der Waals surface area (Å²) in [7, 11) is 0. The second kappa shape index (κ2) is 11.3. The Morgan fingerprint density at radius 2 is 1.54 bits per heavy atom. The van der Waals surface area contributed by atoms with E-state index in [-0.39, 0.29) is 30.3 Å². The van der Waals surface area contributed by atoms with Gasteiger partial charge in [0, 0.05) is 5.69 Å². The molecule has 0 spiro atoms. The smallest absolute Gasteiger partial charge is 0.338 e. The van der Waals surface area contributed by atoms with Crippen LogP contribution in [0.15, 0.2) is 36.4 Å². The number of hydrogen-bond donors (Lipinski definition) is 1. The number of nitrogens with one attached hydrogen (secondary N) is 1. The topological polar surface area (TPSA) is 119 Å². The highest BCUT2D eigenvalue weighted by molar-refractivity contribution is 6.08. The maximum absolute atomic E-state index is 12.9. The Morgan fingerprint density at radius 3 is 2.06 bits per heavy atom. The second-order valence-corrected chi connectivity index (χ2v) is 9.53. The van der Waals surface area contributed by atoms with Gasteiger partial charge in [0.15, 0.2) is 6.61 Å². The van der Waals surface area contributed by atoms with Gasteiger partial charge in [-0.1, -0.05) is 26.0 Å². The quantitative estimate of drug-likeness (QED) is 0.325. The minimum atomic E-state index is -1.07. The number of fused-ring (bicyclic) bond motifs is 1. The zero-order chi connectivity index (χ0) is 25.7. The number of allylic oxidation sites excluding steroid dienone is 2. The number of rotatable bonds is 9. The summed E-state index contributed by atoms with van der Waals surface area (Å²) in [6, 6.07) is 5.04. The Morgan fingerprint density at radius 1 is 0.971 bits per heavy atom. The number of likely N-dealkylation sites (tertiary alicyclic amines) is 1. The molecule has 0 saturated carbocycles. The molecule has 0 aromatic heterocycles. The number of amides is 3. The monoisotopic (exact) mass is 484 g/mol. The van der Waals surface area contributed by atoms with Crippen LogP contribution in [0, 0.1) is 17.8 Å². The Balaban J connectivity index is 1.60. The molecule has 1 N–H and O–H groups in total. The molecule has 3 amide bonds. The molecule has 3 rings (SSSR count).